The summed E-state index contributed by atoms with van der Waals surface area (Å²) >= 11 is 0. The molecule has 1 rings (SSSR count). The van der Waals surface area contributed by atoms with Gasteiger partial charge >= 0.3 is 0 Å². The zero-order valence-electron chi connectivity index (χ0n) is 11.6. The highest BCUT2D eigenvalue weighted by atomic mass is 15.2. The summed E-state index contributed by atoms with van der Waals surface area (Å²) in [4.78, 5) is 0. The van der Waals surface area contributed by atoms with E-state index in [1.54, 1.807) is 0 Å². The van der Waals surface area contributed by atoms with Crippen molar-refractivity contribution in [1.29, 1.82) is 0 Å². The lowest BCUT2D eigenvalue weighted by Gasteiger charge is -2.16. The Hall–Kier alpha value is -0.830. The molecule has 3 nitrogen and oxygen atoms in total. The van der Waals surface area contributed by atoms with Crippen molar-refractivity contribution in [2.24, 2.45) is 7.05 Å². The van der Waals surface area contributed by atoms with E-state index in [0.29, 0.717) is 6.04 Å². The molecule has 1 atom stereocenters. The predicted octanol–water partition coefficient (Wildman–Crippen LogP) is 2.91. The third kappa shape index (κ3) is 5.35. The summed E-state index contributed by atoms with van der Waals surface area (Å²) in [6, 6.07) is 2.83. The monoisotopic (exact) mass is 237 g/mol. The average Bonchev–Trinajstić information content (AvgIpc) is 2.74. The molecule has 0 aromatic carbocycles. The van der Waals surface area contributed by atoms with E-state index in [9.17, 15) is 0 Å². The Morgan fingerprint density at radius 1 is 1.35 bits per heavy atom. The third-order valence-corrected chi connectivity index (χ3v) is 3.33. The Kier molecular flexibility index (Phi) is 6.94. The number of aryl methyl sites for hydroxylation is 2. The number of unbranched alkanes of at least 4 members (excludes halogenated alkanes) is 1. The summed E-state index contributed by atoms with van der Waals surface area (Å²) in [5.74, 6) is 0. The average molecular weight is 237 g/mol. The van der Waals surface area contributed by atoms with Gasteiger partial charge in [-0.05, 0) is 44.7 Å². The first-order valence-corrected chi connectivity index (χ1v) is 6.98. The Balaban J connectivity index is 2.12. The molecule has 0 saturated heterocycles. The number of hydrogen-bond donors (Lipinski definition) is 1. The Morgan fingerprint density at radius 3 is 2.76 bits per heavy atom. The van der Waals surface area contributed by atoms with Crippen molar-refractivity contribution in [2.45, 2.75) is 58.4 Å². The van der Waals surface area contributed by atoms with Crippen molar-refractivity contribution in [2.75, 3.05) is 6.54 Å². The molecule has 0 fully saturated rings. The first-order valence-electron chi connectivity index (χ1n) is 6.98. The van der Waals surface area contributed by atoms with Crippen molar-refractivity contribution in [3.63, 3.8) is 0 Å². The number of nitrogens with zero attached hydrogens (tertiary/aromatic N) is 2. The normalized spacial score (nSPS) is 12.9. The van der Waals surface area contributed by atoms with Crippen LogP contribution in [0.25, 0.3) is 0 Å². The fraction of sp³-hybridized carbons (Fsp3) is 0.786. The standard InChI is InChI=1S/C14H27N3/c1-4-11-15-13(5-2)8-6-7-9-14-10-12-16-17(14)3/h10,12-13,15H,4-9,11H2,1-3H3. The van der Waals surface area contributed by atoms with Crippen molar-refractivity contribution >= 4 is 0 Å². The van der Waals surface area contributed by atoms with Gasteiger partial charge in [-0.25, -0.2) is 0 Å². The zero-order chi connectivity index (χ0) is 12.5. The molecule has 1 aromatic heterocycles. The van der Waals surface area contributed by atoms with Crippen LogP contribution in [0.15, 0.2) is 12.3 Å². The molecule has 0 amide bonds. The summed E-state index contributed by atoms with van der Waals surface area (Å²) in [5.41, 5.74) is 1.35. The largest absolute Gasteiger partial charge is 0.314 e. The van der Waals surface area contributed by atoms with Crippen LogP contribution >= 0.6 is 0 Å². The zero-order valence-corrected chi connectivity index (χ0v) is 11.6. The van der Waals surface area contributed by atoms with Crippen molar-refractivity contribution in [3.05, 3.63) is 18.0 Å². The summed E-state index contributed by atoms with van der Waals surface area (Å²) in [7, 11) is 2.02. The lowest BCUT2D eigenvalue weighted by molar-refractivity contribution is 0.448. The molecule has 1 N–H and O–H groups in total. The van der Waals surface area contributed by atoms with E-state index in [0.717, 1.165) is 13.0 Å². The molecule has 1 aromatic rings. The summed E-state index contributed by atoms with van der Waals surface area (Å²) < 4.78 is 1.98. The van der Waals surface area contributed by atoms with Crippen LogP contribution in [0.3, 0.4) is 0 Å². The topological polar surface area (TPSA) is 29.9 Å². The van der Waals surface area contributed by atoms with E-state index in [-0.39, 0.29) is 0 Å². The van der Waals surface area contributed by atoms with E-state index >= 15 is 0 Å². The van der Waals surface area contributed by atoms with Gasteiger partial charge in [-0.2, -0.15) is 5.10 Å². The molecule has 0 aliphatic carbocycles. The lowest BCUT2D eigenvalue weighted by atomic mass is 10.1. The second-order valence-corrected chi connectivity index (χ2v) is 4.75. The minimum atomic E-state index is 0.710. The van der Waals surface area contributed by atoms with Gasteiger partial charge in [-0.1, -0.05) is 20.3 Å². The van der Waals surface area contributed by atoms with Gasteiger partial charge in [0.25, 0.3) is 0 Å². The Bertz CT molecular complexity index is 293. The maximum Gasteiger partial charge on any atom is 0.0492 e. The van der Waals surface area contributed by atoms with Crippen molar-refractivity contribution in [3.8, 4) is 0 Å². The first kappa shape index (κ1) is 14.2. The summed E-state index contributed by atoms with van der Waals surface area (Å²) in [6.07, 6.45) is 9.38. The molecule has 0 aliphatic rings. The van der Waals surface area contributed by atoms with Crippen LogP contribution in [0.5, 0.6) is 0 Å². The van der Waals surface area contributed by atoms with Crippen LogP contribution in [0.4, 0.5) is 0 Å². The lowest BCUT2D eigenvalue weighted by Crippen LogP contribution is -2.28. The van der Waals surface area contributed by atoms with Crippen LogP contribution in [-0.2, 0) is 13.5 Å². The number of aromatic nitrogens is 2. The van der Waals surface area contributed by atoms with Gasteiger partial charge in [0.15, 0.2) is 0 Å². The fourth-order valence-electron chi connectivity index (χ4n) is 2.14. The number of nitrogens with one attached hydrogen (secondary N) is 1. The highest BCUT2D eigenvalue weighted by Gasteiger charge is 2.04. The summed E-state index contributed by atoms with van der Waals surface area (Å²) in [6.45, 7) is 5.65. The third-order valence-electron chi connectivity index (χ3n) is 3.33. The van der Waals surface area contributed by atoms with Gasteiger partial charge in [0, 0.05) is 25.0 Å². The van der Waals surface area contributed by atoms with Crippen molar-refractivity contribution in [1.82, 2.24) is 15.1 Å². The van der Waals surface area contributed by atoms with Gasteiger partial charge in [-0.15, -0.1) is 0 Å². The first-order chi connectivity index (χ1) is 8.27. The van der Waals surface area contributed by atoms with E-state index in [1.165, 1.54) is 37.8 Å². The SMILES string of the molecule is CCCNC(CC)CCCCc1ccnn1C. The Morgan fingerprint density at radius 2 is 2.18 bits per heavy atom. The van der Waals surface area contributed by atoms with Crippen LogP contribution in [-0.4, -0.2) is 22.4 Å². The van der Waals surface area contributed by atoms with Crippen LogP contribution in [0, 0.1) is 0 Å². The molecule has 0 spiro atoms. The van der Waals surface area contributed by atoms with Crippen LogP contribution in [0.1, 0.15) is 51.6 Å². The van der Waals surface area contributed by atoms with E-state index in [1.807, 2.05) is 17.9 Å². The molecule has 1 heterocycles. The van der Waals surface area contributed by atoms with E-state index in [2.05, 4.69) is 30.3 Å². The highest BCUT2D eigenvalue weighted by molar-refractivity contribution is 4.99. The molecule has 0 bridgehead atoms. The molecule has 0 radical (unpaired) electrons. The molecular formula is C14H27N3. The Labute approximate surface area is 106 Å². The van der Waals surface area contributed by atoms with Gasteiger partial charge < -0.3 is 5.32 Å². The highest BCUT2D eigenvalue weighted by Crippen LogP contribution is 2.08. The van der Waals surface area contributed by atoms with Gasteiger partial charge in [-0.3, -0.25) is 4.68 Å². The van der Waals surface area contributed by atoms with Crippen molar-refractivity contribution < 1.29 is 0 Å². The minimum absolute atomic E-state index is 0.710. The molecule has 98 valence electrons. The van der Waals surface area contributed by atoms with Gasteiger partial charge in [0.2, 0.25) is 0 Å². The summed E-state index contributed by atoms with van der Waals surface area (Å²) in [5, 5.41) is 7.80. The maximum atomic E-state index is 4.19. The molecule has 0 aliphatic heterocycles. The van der Waals surface area contributed by atoms with Crippen LogP contribution < -0.4 is 5.32 Å². The van der Waals surface area contributed by atoms with Gasteiger partial charge in [0.05, 0.1) is 0 Å². The number of rotatable bonds is 9. The quantitative estimate of drug-likeness (QED) is 0.669. The predicted molar refractivity (Wildman–Crippen MR) is 73.1 cm³/mol. The molecule has 17 heavy (non-hydrogen) atoms. The number of hydrogen-bond acceptors (Lipinski definition) is 2. The molecular weight excluding hydrogens is 210 g/mol. The minimum Gasteiger partial charge on any atom is -0.314 e. The smallest absolute Gasteiger partial charge is 0.0492 e. The van der Waals surface area contributed by atoms with Crippen LogP contribution in [0.2, 0.25) is 0 Å². The molecule has 1 unspecified atom stereocenters. The maximum absolute atomic E-state index is 4.19. The molecule has 3 heteroatoms. The van der Waals surface area contributed by atoms with Gasteiger partial charge in [0.1, 0.15) is 0 Å². The fourth-order valence-corrected chi connectivity index (χ4v) is 2.14. The second kappa shape index (κ2) is 8.29. The molecule has 0 saturated carbocycles. The van der Waals surface area contributed by atoms with E-state index in [4.69, 9.17) is 0 Å². The van der Waals surface area contributed by atoms with E-state index < -0.39 is 0 Å². The second-order valence-electron chi connectivity index (χ2n) is 4.75.